The largest absolute Gasteiger partial charge is 0.481 e. The maximum Gasteiger partial charge on any atom is 0.307 e. The normalized spacial score (nSPS) is 23.0. The van der Waals surface area contributed by atoms with Crippen molar-refractivity contribution in [2.45, 2.75) is 83.6 Å². The summed E-state index contributed by atoms with van der Waals surface area (Å²) in [4.78, 5) is 12.1. The van der Waals surface area contributed by atoms with Crippen molar-refractivity contribution in [1.82, 2.24) is 4.57 Å². The van der Waals surface area contributed by atoms with Crippen LogP contribution in [0, 0.1) is 12.8 Å². The minimum Gasteiger partial charge on any atom is -0.481 e. The Kier molecular flexibility index (Phi) is 5.19. The van der Waals surface area contributed by atoms with Crippen LogP contribution in [0.3, 0.4) is 0 Å². The minimum atomic E-state index is -0.625. The molecule has 0 bridgehead atoms. The van der Waals surface area contributed by atoms with Crippen LogP contribution >= 0.6 is 0 Å². The number of carboxylic acid groups (broad SMARTS) is 1. The zero-order valence-corrected chi connectivity index (χ0v) is 19.8. The molecule has 3 aromatic rings. The van der Waals surface area contributed by atoms with E-state index in [-0.39, 0.29) is 17.4 Å². The van der Waals surface area contributed by atoms with E-state index in [0.717, 1.165) is 38.5 Å². The number of hydrogen-bond acceptors (Lipinski definition) is 1. The highest BCUT2D eigenvalue weighted by Gasteiger charge is 2.62. The first-order valence-electron chi connectivity index (χ1n) is 12.3. The highest BCUT2D eigenvalue weighted by atomic mass is 16.4. The molecule has 168 valence electrons. The highest BCUT2D eigenvalue weighted by Crippen LogP contribution is 2.62. The summed E-state index contributed by atoms with van der Waals surface area (Å²) in [7, 11) is 0. The molecule has 3 heteroatoms. The molecule has 3 unspecified atom stereocenters. The van der Waals surface area contributed by atoms with Gasteiger partial charge in [0.15, 0.2) is 0 Å². The quantitative estimate of drug-likeness (QED) is 0.452. The van der Waals surface area contributed by atoms with E-state index in [2.05, 4.69) is 74.7 Å². The fourth-order valence-electron chi connectivity index (χ4n) is 6.25. The van der Waals surface area contributed by atoms with E-state index in [0.29, 0.717) is 5.92 Å². The standard InChI is InChI=1S/C29H35NO2/c1-5-7-25(20-11-9-19(4)10-12-20)30-26-14-13-21(18(2)3)16-23(26)22-8-6-15-29(27(22)30)17-24(29)28(31)32/h9-14,16,18,24-25H,5-8,15,17H2,1-4H3,(H,31,32). The van der Waals surface area contributed by atoms with Gasteiger partial charge in [0, 0.05) is 22.0 Å². The third kappa shape index (κ3) is 3.20. The predicted octanol–water partition coefficient (Wildman–Crippen LogP) is 7.14. The maximum absolute atomic E-state index is 12.1. The molecule has 2 aromatic carbocycles. The Hall–Kier alpha value is -2.55. The van der Waals surface area contributed by atoms with E-state index in [9.17, 15) is 9.90 Å². The summed E-state index contributed by atoms with van der Waals surface area (Å²) in [6.45, 7) is 8.89. The molecule has 1 saturated carbocycles. The summed E-state index contributed by atoms with van der Waals surface area (Å²) in [5.74, 6) is -0.387. The van der Waals surface area contributed by atoms with Crippen molar-refractivity contribution in [3.63, 3.8) is 0 Å². The predicted molar refractivity (Wildman–Crippen MR) is 131 cm³/mol. The van der Waals surface area contributed by atoms with Crippen LogP contribution in [0.15, 0.2) is 42.5 Å². The number of carboxylic acids is 1. The maximum atomic E-state index is 12.1. The molecule has 0 radical (unpaired) electrons. The van der Waals surface area contributed by atoms with E-state index in [1.807, 2.05) is 0 Å². The molecule has 1 spiro atoms. The lowest BCUT2D eigenvalue weighted by Gasteiger charge is -2.31. The number of hydrogen-bond donors (Lipinski definition) is 1. The summed E-state index contributed by atoms with van der Waals surface area (Å²) >= 11 is 0. The zero-order chi connectivity index (χ0) is 22.6. The van der Waals surface area contributed by atoms with Crippen molar-refractivity contribution in [2.75, 3.05) is 0 Å². The van der Waals surface area contributed by atoms with E-state index in [1.54, 1.807) is 0 Å². The number of aryl methyl sites for hydroxylation is 2. The second kappa shape index (κ2) is 7.79. The van der Waals surface area contributed by atoms with Gasteiger partial charge in [0.2, 0.25) is 0 Å². The second-order valence-corrected chi connectivity index (χ2v) is 10.4. The number of benzene rings is 2. The van der Waals surface area contributed by atoms with Crippen molar-refractivity contribution >= 4 is 16.9 Å². The Morgan fingerprint density at radius 3 is 2.50 bits per heavy atom. The number of rotatable bonds is 6. The number of carbonyl (C=O) groups is 1. The van der Waals surface area contributed by atoms with Gasteiger partial charge in [0.25, 0.3) is 0 Å². The van der Waals surface area contributed by atoms with Crippen molar-refractivity contribution in [2.24, 2.45) is 5.92 Å². The van der Waals surface area contributed by atoms with E-state index < -0.39 is 5.97 Å². The molecule has 3 atom stereocenters. The van der Waals surface area contributed by atoms with Crippen LogP contribution in [0.2, 0.25) is 0 Å². The SMILES string of the molecule is CCCC(c1ccc(C)cc1)n1c2c(c3cc(C(C)C)ccc31)CCCC21CC1C(=O)O. The fourth-order valence-corrected chi connectivity index (χ4v) is 6.25. The van der Waals surface area contributed by atoms with Crippen LogP contribution < -0.4 is 0 Å². The molecular formula is C29H35NO2. The zero-order valence-electron chi connectivity index (χ0n) is 19.8. The summed E-state index contributed by atoms with van der Waals surface area (Å²) in [5, 5.41) is 11.3. The van der Waals surface area contributed by atoms with Gasteiger partial charge in [0.05, 0.1) is 12.0 Å². The molecule has 0 amide bonds. The molecule has 1 fully saturated rings. The van der Waals surface area contributed by atoms with Gasteiger partial charge in [-0.1, -0.05) is 63.1 Å². The van der Waals surface area contributed by atoms with Gasteiger partial charge in [-0.25, -0.2) is 0 Å². The summed E-state index contributed by atoms with van der Waals surface area (Å²) in [5.41, 5.74) is 7.83. The monoisotopic (exact) mass is 429 g/mol. The molecule has 0 aliphatic heterocycles. The van der Waals surface area contributed by atoms with Crippen LogP contribution in [-0.4, -0.2) is 15.6 Å². The first-order chi connectivity index (χ1) is 15.4. The first-order valence-corrected chi connectivity index (χ1v) is 12.3. The van der Waals surface area contributed by atoms with Gasteiger partial charge in [-0.2, -0.15) is 0 Å². The Labute approximate surface area is 191 Å². The minimum absolute atomic E-state index is 0.187. The van der Waals surface area contributed by atoms with Crippen LogP contribution in [0.1, 0.15) is 92.8 Å². The Morgan fingerprint density at radius 1 is 1.16 bits per heavy atom. The van der Waals surface area contributed by atoms with E-state index >= 15 is 0 Å². The van der Waals surface area contributed by atoms with Gasteiger partial charge >= 0.3 is 5.97 Å². The molecule has 32 heavy (non-hydrogen) atoms. The lowest BCUT2D eigenvalue weighted by atomic mass is 9.81. The van der Waals surface area contributed by atoms with Crippen LogP contribution in [0.25, 0.3) is 10.9 Å². The molecule has 1 N–H and O–H groups in total. The molecule has 0 saturated heterocycles. The fraction of sp³-hybridized carbons (Fsp3) is 0.483. The van der Waals surface area contributed by atoms with Crippen molar-refractivity contribution in [3.05, 3.63) is 70.4 Å². The average Bonchev–Trinajstić information content (AvgIpc) is 3.39. The van der Waals surface area contributed by atoms with Crippen molar-refractivity contribution < 1.29 is 9.90 Å². The molecule has 1 aromatic heterocycles. The van der Waals surface area contributed by atoms with E-state index in [1.165, 1.54) is 38.9 Å². The number of fused-ring (bicyclic) bond motifs is 4. The molecule has 2 aliphatic rings. The Bertz CT molecular complexity index is 1170. The van der Waals surface area contributed by atoms with Gasteiger partial charge in [-0.3, -0.25) is 4.79 Å². The third-order valence-corrected chi connectivity index (χ3v) is 8.03. The van der Waals surface area contributed by atoms with Crippen molar-refractivity contribution in [3.8, 4) is 0 Å². The smallest absolute Gasteiger partial charge is 0.307 e. The summed E-state index contributed by atoms with van der Waals surface area (Å²) in [6, 6.07) is 16.2. The lowest BCUT2D eigenvalue weighted by molar-refractivity contribution is -0.139. The molecule has 5 rings (SSSR count). The summed E-state index contributed by atoms with van der Waals surface area (Å²) < 4.78 is 2.57. The second-order valence-electron chi connectivity index (χ2n) is 10.4. The van der Waals surface area contributed by atoms with Gasteiger partial charge in [-0.15, -0.1) is 0 Å². The Morgan fingerprint density at radius 2 is 1.88 bits per heavy atom. The van der Waals surface area contributed by atoms with Gasteiger partial charge in [-0.05, 0) is 73.8 Å². The van der Waals surface area contributed by atoms with Crippen molar-refractivity contribution in [1.29, 1.82) is 0 Å². The number of aliphatic carboxylic acids is 1. The number of aromatic nitrogens is 1. The Balaban J connectivity index is 1.80. The molecule has 1 heterocycles. The van der Waals surface area contributed by atoms with Crippen LogP contribution in [0.4, 0.5) is 0 Å². The summed E-state index contributed by atoms with van der Waals surface area (Å²) in [6.07, 6.45) is 6.07. The van der Waals surface area contributed by atoms with Crippen LogP contribution in [-0.2, 0) is 16.6 Å². The van der Waals surface area contributed by atoms with Crippen LogP contribution in [0.5, 0.6) is 0 Å². The van der Waals surface area contributed by atoms with Gasteiger partial charge in [0.1, 0.15) is 0 Å². The molecule has 2 aliphatic carbocycles. The average molecular weight is 430 g/mol. The first kappa shape index (κ1) is 21.3. The lowest BCUT2D eigenvalue weighted by Crippen LogP contribution is -2.26. The third-order valence-electron chi connectivity index (χ3n) is 8.03. The number of nitrogens with zero attached hydrogens (tertiary/aromatic N) is 1. The highest BCUT2D eigenvalue weighted by molar-refractivity contribution is 5.89. The topological polar surface area (TPSA) is 42.2 Å². The molecular weight excluding hydrogens is 394 g/mol. The molecule has 3 nitrogen and oxygen atoms in total. The van der Waals surface area contributed by atoms with Gasteiger partial charge < -0.3 is 9.67 Å². The van der Waals surface area contributed by atoms with E-state index in [4.69, 9.17) is 0 Å².